The first-order chi connectivity index (χ1) is 12.4. The number of nitrogens with zero attached hydrogens (tertiary/aromatic N) is 3. The second-order valence-electron chi connectivity index (χ2n) is 7.09. The molecule has 2 amide bonds. The van der Waals surface area contributed by atoms with Gasteiger partial charge in [-0.25, -0.2) is 4.98 Å². The van der Waals surface area contributed by atoms with E-state index in [9.17, 15) is 9.59 Å². The van der Waals surface area contributed by atoms with Crippen LogP contribution >= 0.6 is 0 Å². The summed E-state index contributed by atoms with van der Waals surface area (Å²) in [5, 5.41) is 2.90. The molecule has 0 bridgehead atoms. The Balaban J connectivity index is 1.90. The van der Waals surface area contributed by atoms with Crippen LogP contribution in [-0.4, -0.2) is 59.3 Å². The minimum Gasteiger partial charge on any atom is -0.338 e. The molecule has 1 N–H and O–H groups in total. The van der Waals surface area contributed by atoms with Gasteiger partial charge < -0.3 is 10.2 Å². The number of aryl methyl sites for hydroxylation is 1. The summed E-state index contributed by atoms with van der Waals surface area (Å²) in [6, 6.07) is 5.57. The lowest BCUT2D eigenvalue weighted by Gasteiger charge is -2.33. The molecule has 0 spiro atoms. The normalized spacial score (nSPS) is 17.6. The van der Waals surface area contributed by atoms with Gasteiger partial charge in [-0.05, 0) is 52.3 Å². The zero-order valence-corrected chi connectivity index (χ0v) is 16.1. The number of carbonyl (C=O) groups is 2. The average Bonchev–Trinajstić information content (AvgIpc) is 2.59. The smallest absolute Gasteiger partial charge is 0.237 e. The molecule has 2 rings (SSSR count). The van der Waals surface area contributed by atoms with Crippen LogP contribution in [0.1, 0.15) is 32.4 Å². The van der Waals surface area contributed by atoms with Gasteiger partial charge in [0.05, 0.1) is 12.5 Å². The molecule has 6 heteroatoms. The largest absolute Gasteiger partial charge is 0.338 e. The Kier molecular flexibility index (Phi) is 7.33. The lowest BCUT2D eigenvalue weighted by atomic mass is 9.97. The van der Waals surface area contributed by atoms with Crippen LogP contribution in [0, 0.1) is 12.8 Å². The fourth-order valence-corrected chi connectivity index (χ4v) is 3.25. The molecule has 142 valence electrons. The first-order valence-electron chi connectivity index (χ1n) is 9.28. The average molecular weight is 358 g/mol. The molecule has 1 atom stereocenters. The third-order valence-corrected chi connectivity index (χ3v) is 4.57. The van der Waals surface area contributed by atoms with E-state index in [0.29, 0.717) is 32.0 Å². The number of amides is 2. The highest BCUT2D eigenvalue weighted by molar-refractivity contribution is 5.92. The second kappa shape index (κ2) is 9.48. The number of nitrogens with one attached hydrogen (secondary N) is 1. The highest BCUT2D eigenvalue weighted by atomic mass is 16.2. The molecule has 1 unspecified atom stereocenters. The van der Waals surface area contributed by atoms with Crippen molar-refractivity contribution in [1.29, 1.82) is 0 Å². The Morgan fingerprint density at radius 2 is 2.19 bits per heavy atom. The minimum absolute atomic E-state index is 0.0190. The molecule has 1 aliphatic rings. The first kappa shape index (κ1) is 20.1. The predicted octanol–water partition coefficient (Wildman–Crippen LogP) is 2.47. The van der Waals surface area contributed by atoms with Crippen molar-refractivity contribution in [2.75, 3.05) is 38.0 Å². The zero-order chi connectivity index (χ0) is 19.1. The second-order valence-corrected chi connectivity index (χ2v) is 7.09. The number of hydrogen-bond acceptors (Lipinski definition) is 4. The summed E-state index contributed by atoms with van der Waals surface area (Å²) < 4.78 is 0. The van der Waals surface area contributed by atoms with Gasteiger partial charge in [-0.1, -0.05) is 18.2 Å². The minimum atomic E-state index is -0.116. The lowest BCUT2D eigenvalue weighted by molar-refractivity contribution is -0.133. The molecule has 1 aliphatic heterocycles. The van der Waals surface area contributed by atoms with Crippen molar-refractivity contribution in [2.24, 2.45) is 5.92 Å². The Morgan fingerprint density at radius 3 is 2.85 bits per heavy atom. The molecule has 0 radical (unpaired) electrons. The topological polar surface area (TPSA) is 65.5 Å². The van der Waals surface area contributed by atoms with Crippen molar-refractivity contribution >= 4 is 17.6 Å². The molecule has 0 aromatic carbocycles. The van der Waals surface area contributed by atoms with Gasteiger partial charge in [-0.2, -0.15) is 0 Å². The summed E-state index contributed by atoms with van der Waals surface area (Å²) >= 11 is 0. The lowest BCUT2D eigenvalue weighted by Crippen LogP contribution is -2.46. The van der Waals surface area contributed by atoms with Gasteiger partial charge in [0.1, 0.15) is 5.82 Å². The maximum Gasteiger partial charge on any atom is 0.237 e. The highest BCUT2D eigenvalue weighted by Crippen LogP contribution is 2.18. The van der Waals surface area contributed by atoms with E-state index in [1.54, 1.807) is 6.07 Å². The standard InChI is InChI=1S/C20H30N4O2/c1-5-24(12-15(2)3)19(25)14-23-11-7-9-17(13-23)20(26)22-18-10-6-8-16(4)21-18/h6,8,10,17H,2,5,7,9,11-14H2,1,3-4H3,(H,21,22,26). The zero-order valence-electron chi connectivity index (χ0n) is 16.1. The predicted molar refractivity (Wildman–Crippen MR) is 104 cm³/mol. The van der Waals surface area contributed by atoms with Crippen LogP contribution in [-0.2, 0) is 9.59 Å². The molecule has 1 fully saturated rings. The number of likely N-dealkylation sites (tertiary alicyclic amines) is 1. The highest BCUT2D eigenvalue weighted by Gasteiger charge is 2.28. The first-order valence-corrected chi connectivity index (χ1v) is 9.28. The van der Waals surface area contributed by atoms with Crippen LogP contribution in [0.2, 0.25) is 0 Å². The van der Waals surface area contributed by atoms with Crippen molar-refractivity contribution in [1.82, 2.24) is 14.8 Å². The summed E-state index contributed by atoms with van der Waals surface area (Å²) in [7, 11) is 0. The van der Waals surface area contributed by atoms with E-state index in [0.717, 1.165) is 30.7 Å². The molecular weight excluding hydrogens is 328 g/mol. The molecule has 1 aromatic heterocycles. The Hall–Kier alpha value is -2.21. The molecular formula is C20H30N4O2. The Labute approximate surface area is 156 Å². The van der Waals surface area contributed by atoms with Crippen molar-refractivity contribution in [3.63, 3.8) is 0 Å². The van der Waals surface area contributed by atoms with Crippen LogP contribution in [0.15, 0.2) is 30.4 Å². The molecule has 6 nitrogen and oxygen atoms in total. The summed E-state index contributed by atoms with van der Waals surface area (Å²) in [6.07, 6.45) is 1.75. The SMILES string of the molecule is C=C(C)CN(CC)C(=O)CN1CCCC(C(=O)Nc2cccc(C)n2)C1. The number of carbonyl (C=O) groups excluding carboxylic acids is 2. The van der Waals surface area contributed by atoms with Gasteiger partial charge >= 0.3 is 0 Å². The van der Waals surface area contributed by atoms with Crippen molar-refractivity contribution < 1.29 is 9.59 Å². The van der Waals surface area contributed by atoms with E-state index in [1.165, 1.54) is 0 Å². The van der Waals surface area contributed by atoms with Gasteiger partial charge in [0, 0.05) is 25.3 Å². The van der Waals surface area contributed by atoms with Crippen LogP contribution < -0.4 is 5.32 Å². The van der Waals surface area contributed by atoms with E-state index < -0.39 is 0 Å². The number of aromatic nitrogens is 1. The van der Waals surface area contributed by atoms with Gasteiger partial charge in [0.2, 0.25) is 11.8 Å². The molecule has 0 saturated carbocycles. The summed E-state index contributed by atoms with van der Waals surface area (Å²) in [6.45, 7) is 12.8. The van der Waals surface area contributed by atoms with Crippen molar-refractivity contribution in [2.45, 2.75) is 33.6 Å². The third-order valence-electron chi connectivity index (χ3n) is 4.57. The quantitative estimate of drug-likeness (QED) is 0.761. The van der Waals surface area contributed by atoms with E-state index >= 15 is 0 Å². The van der Waals surface area contributed by atoms with E-state index in [4.69, 9.17) is 0 Å². The van der Waals surface area contributed by atoms with E-state index in [-0.39, 0.29) is 17.7 Å². The van der Waals surface area contributed by atoms with Crippen LogP contribution in [0.3, 0.4) is 0 Å². The van der Waals surface area contributed by atoms with Gasteiger partial charge in [0.15, 0.2) is 0 Å². The van der Waals surface area contributed by atoms with E-state index in [2.05, 4.69) is 21.8 Å². The number of likely N-dealkylation sites (N-methyl/N-ethyl adjacent to an activating group) is 1. The maximum atomic E-state index is 12.6. The van der Waals surface area contributed by atoms with Crippen molar-refractivity contribution in [3.8, 4) is 0 Å². The molecule has 1 saturated heterocycles. The monoisotopic (exact) mass is 358 g/mol. The van der Waals surface area contributed by atoms with Crippen LogP contribution in [0.25, 0.3) is 0 Å². The summed E-state index contributed by atoms with van der Waals surface area (Å²) in [4.78, 5) is 33.3. The summed E-state index contributed by atoms with van der Waals surface area (Å²) in [5.41, 5.74) is 1.84. The van der Waals surface area contributed by atoms with Gasteiger partial charge in [-0.3, -0.25) is 14.5 Å². The van der Waals surface area contributed by atoms with Crippen LogP contribution in [0.4, 0.5) is 5.82 Å². The van der Waals surface area contributed by atoms with Gasteiger partial charge in [0.25, 0.3) is 0 Å². The number of rotatable bonds is 7. The fraction of sp³-hybridized carbons (Fsp3) is 0.550. The number of hydrogen-bond donors (Lipinski definition) is 1. The maximum absolute atomic E-state index is 12.6. The molecule has 0 aliphatic carbocycles. The molecule has 2 heterocycles. The number of pyridine rings is 1. The third kappa shape index (κ3) is 5.95. The Bertz CT molecular complexity index is 659. The number of piperidine rings is 1. The van der Waals surface area contributed by atoms with Crippen molar-refractivity contribution in [3.05, 3.63) is 36.0 Å². The molecule has 1 aromatic rings. The molecule has 26 heavy (non-hydrogen) atoms. The van der Waals surface area contributed by atoms with Crippen LogP contribution in [0.5, 0.6) is 0 Å². The fourth-order valence-electron chi connectivity index (χ4n) is 3.25. The van der Waals surface area contributed by atoms with E-state index in [1.807, 2.05) is 37.8 Å². The summed E-state index contributed by atoms with van der Waals surface area (Å²) in [5.74, 6) is 0.545. The Morgan fingerprint density at radius 1 is 1.42 bits per heavy atom. The number of anilines is 1. The van der Waals surface area contributed by atoms with Gasteiger partial charge in [-0.15, -0.1) is 0 Å².